The minimum absolute atomic E-state index is 0.00246. The van der Waals surface area contributed by atoms with Crippen LogP contribution in [-0.2, 0) is 4.79 Å². The van der Waals surface area contributed by atoms with Crippen molar-refractivity contribution in [2.45, 2.75) is 17.4 Å². The molecule has 0 saturated heterocycles. The molecule has 0 bridgehead atoms. The Labute approximate surface area is 188 Å². The predicted molar refractivity (Wildman–Crippen MR) is 127 cm³/mol. The van der Waals surface area contributed by atoms with Gasteiger partial charge in [-0.05, 0) is 35.2 Å². The number of nitrogens with one attached hydrogen (secondary N) is 1. The Morgan fingerprint density at radius 3 is 2.81 bits per heavy atom. The predicted octanol–water partition coefficient (Wildman–Crippen LogP) is 5.71. The van der Waals surface area contributed by atoms with Crippen LogP contribution in [0.1, 0.15) is 22.9 Å². The number of ether oxygens (including phenoxy) is 1. The number of thioether (sulfide) groups is 1. The first-order valence-corrected chi connectivity index (χ1v) is 11.9. The number of hydrazone groups is 1. The molecule has 4 aromatic rings. The van der Waals surface area contributed by atoms with Gasteiger partial charge >= 0.3 is 0 Å². The second-order valence-corrected chi connectivity index (χ2v) is 9.21. The van der Waals surface area contributed by atoms with Crippen molar-refractivity contribution >= 4 is 45.6 Å². The van der Waals surface area contributed by atoms with Crippen molar-refractivity contribution in [3.63, 3.8) is 0 Å². The van der Waals surface area contributed by atoms with Crippen molar-refractivity contribution in [1.82, 2.24) is 9.99 Å². The van der Waals surface area contributed by atoms with Crippen LogP contribution in [0.2, 0.25) is 0 Å². The van der Waals surface area contributed by atoms with E-state index in [1.165, 1.54) is 0 Å². The van der Waals surface area contributed by atoms with Crippen LogP contribution in [0.5, 0.6) is 5.75 Å². The number of H-pyrrole nitrogens is 1. The summed E-state index contributed by atoms with van der Waals surface area (Å²) in [4.78, 5) is 18.7. The highest BCUT2D eigenvalue weighted by Gasteiger charge is 2.33. The minimum Gasteiger partial charge on any atom is -0.497 e. The average molecular weight is 448 g/mol. The fraction of sp³-hybridized carbons (Fsp3) is 0.167. The number of amides is 1. The fourth-order valence-electron chi connectivity index (χ4n) is 3.79. The summed E-state index contributed by atoms with van der Waals surface area (Å²) in [7, 11) is 1.65. The van der Waals surface area contributed by atoms with Gasteiger partial charge in [-0.1, -0.05) is 36.4 Å². The first-order valence-electron chi connectivity index (χ1n) is 9.99. The number of carbonyl (C=O) groups excluding carboxylic acids is 1. The monoisotopic (exact) mass is 447 g/mol. The van der Waals surface area contributed by atoms with Crippen molar-refractivity contribution in [3.05, 3.63) is 82.7 Å². The van der Waals surface area contributed by atoms with Gasteiger partial charge in [-0.3, -0.25) is 4.79 Å². The van der Waals surface area contributed by atoms with E-state index in [1.54, 1.807) is 35.2 Å². The summed E-state index contributed by atoms with van der Waals surface area (Å²) in [6, 6.07) is 20.0. The van der Waals surface area contributed by atoms with E-state index in [2.05, 4.69) is 17.1 Å². The Morgan fingerprint density at radius 1 is 1.19 bits per heavy atom. The summed E-state index contributed by atoms with van der Waals surface area (Å²) < 4.78 is 5.29. The van der Waals surface area contributed by atoms with E-state index in [-0.39, 0.29) is 11.9 Å². The Kier molecular flexibility index (Phi) is 5.53. The Hall–Kier alpha value is -3.03. The molecule has 7 heteroatoms. The average Bonchev–Trinajstić information content (AvgIpc) is 3.57. The maximum atomic E-state index is 13.3. The van der Waals surface area contributed by atoms with Crippen LogP contribution in [-0.4, -0.2) is 34.5 Å². The molecule has 0 radical (unpaired) electrons. The lowest BCUT2D eigenvalue weighted by Crippen LogP contribution is -2.28. The van der Waals surface area contributed by atoms with Crippen LogP contribution in [0.3, 0.4) is 0 Å². The third-order valence-electron chi connectivity index (χ3n) is 5.37. The molecule has 2 aromatic heterocycles. The van der Waals surface area contributed by atoms with E-state index in [1.807, 2.05) is 60.1 Å². The maximum Gasteiger partial charge on any atom is 0.253 e. The van der Waals surface area contributed by atoms with Gasteiger partial charge < -0.3 is 9.72 Å². The van der Waals surface area contributed by atoms with Crippen molar-refractivity contribution in [3.8, 4) is 5.75 Å². The molecule has 3 heterocycles. The standard InChI is InChI=1S/C24H21N3O2S2/c1-29-17-10-8-16(9-11-17)21-13-20(22-7-4-12-30-22)26-27(21)24(28)15-31-23-14-25-19-6-3-2-5-18(19)23/h2-12,14,21,25H,13,15H2,1H3/t21-/m0/s1. The van der Waals surface area contributed by atoms with Crippen LogP contribution in [0.25, 0.3) is 10.9 Å². The number of carbonyl (C=O) groups is 1. The highest BCUT2D eigenvalue weighted by atomic mass is 32.2. The number of methoxy groups -OCH3 is 1. The largest absolute Gasteiger partial charge is 0.497 e. The van der Waals surface area contributed by atoms with E-state index in [0.717, 1.165) is 37.7 Å². The van der Waals surface area contributed by atoms with Gasteiger partial charge in [0, 0.05) is 28.4 Å². The molecule has 1 N–H and O–H groups in total. The number of fused-ring (bicyclic) bond motifs is 1. The molecule has 0 aliphatic carbocycles. The zero-order valence-electron chi connectivity index (χ0n) is 16.9. The molecule has 2 aromatic carbocycles. The lowest BCUT2D eigenvalue weighted by molar-refractivity contribution is -0.130. The quantitative estimate of drug-likeness (QED) is 0.385. The molecule has 156 valence electrons. The molecule has 1 aliphatic rings. The molecule has 0 saturated carbocycles. The minimum atomic E-state index is -0.112. The molecule has 31 heavy (non-hydrogen) atoms. The van der Waals surface area contributed by atoms with E-state index < -0.39 is 0 Å². The molecule has 5 rings (SSSR count). The van der Waals surface area contributed by atoms with E-state index in [0.29, 0.717) is 12.2 Å². The second kappa shape index (κ2) is 8.61. The van der Waals surface area contributed by atoms with Gasteiger partial charge in [-0.15, -0.1) is 23.1 Å². The van der Waals surface area contributed by atoms with Crippen LogP contribution >= 0.6 is 23.1 Å². The van der Waals surface area contributed by atoms with Gasteiger partial charge in [0.25, 0.3) is 5.91 Å². The molecule has 5 nitrogen and oxygen atoms in total. The number of hydrogen-bond acceptors (Lipinski definition) is 5. The highest BCUT2D eigenvalue weighted by molar-refractivity contribution is 8.00. The highest BCUT2D eigenvalue weighted by Crippen LogP contribution is 2.36. The van der Waals surface area contributed by atoms with Gasteiger partial charge in [-0.2, -0.15) is 5.10 Å². The molecular formula is C24H21N3O2S2. The number of rotatable bonds is 6. The molecule has 0 fully saturated rings. The first kappa shape index (κ1) is 19.9. The number of aromatic amines is 1. The van der Waals surface area contributed by atoms with Crippen LogP contribution in [0, 0.1) is 0 Å². The normalized spacial score (nSPS) is 16.0. The number of aromatic nitrogens is 1. The fourth-order valence-corrected chi connectivity index (χ4v) is 5.40. The second-order valence-electron chi connectivity index (χ2n) is 7.24. The lowest BCUT2D eigenvalue weighted by atomic mass is 10.0. The van der Waals surface area contributed by atoms with E-state index in [4.69, 9.17) is 9.84 Å². The first-order chi connectivity index (χ1) is 15.2. The molecule has 1 aliphatic heterocycles. The zero-order chi connectivity index (χ0) is 21.2. The summed E-state index contributed by atoms with van der Waals surface area (Å²) in [5.74, 6) is 1.13. The summed E-state index contributed by atoms with van der Waals surface area (Å²) in [5.41, 5.74) is 3.09. The summed E-state index contributed by atoms with van der Waals surface area (Å²) >= 11 is 3.20. The molecule has 0 unspecified atom stereocenters. The van der Waals surface area contributed by atoms with Crippen LogP contribution in [0.15, 0.2) is 82.2 Å². The zero-order valence-corrected chi connectivity index (χ0v) is 18.6. The van der Waals surface area contributed by atoms with Crippen molar-refractivity contribution < 1.29 is 9.53 Å². The number of thiophene rings is 1. The maximum absolute atomic E-state index is 13.3. The van der Waals surface area contributed by atoms with Gasteiger partial charge in [0.15, 0.2) is 0 Å². The summed E-state index contributed by atoms with van der Waals surface area (Å²) in [6.07, 6.45) is 2.67. The third-order valence-corrected chi connectivity index (χ3v) is 7.33. The molecule has 1 amide bonds. The smallest absolute Gasteiger partial charge is 0.253 e. The topological polar surface area (TPSA) is 57.7 Å². The lowest BCUT2D eigenvalue weighted by Gasteiger charge is -2.22. The SMILES string of the molecule is COc1ccc([C@@H]2CC(c3cccs3)=NN2C(=O)CSc2c[nH]c3ccccc23)cc1. The summed E-state index contributed by atoms with van der Waals surface area (Å²) in [5, 5.41) is 9.59. The Morgan fingerprint density at radius 2 is 2.03 bits per heavy atom. The van der Waals surface area contributed by atoms with Crippen molar-refractivity contribution in [2.24, 2.45) is 5.10 Å². The number of para-hydroxylation sites is 1. The summed E-state index contributed by atoms with van der Waals surface area (Å²) in [6.45, 7) is 0. The van der Waals surface area contributed by atoms with E-state index in [9.17, 15) is 4.79 Å². The number of nitrogens with zero attached hydrogens (tertiary/aromatic N) is 2. The molecular weight excluding hydrogens is 426 g/mol. The van der Waals surface area contributed by atoms with Gasteiger partial charge in [-0.25, -0.2) is 5.01 Å². The van der Waals surface area contributed by atoms with E-state index >= 15 is 0 Å². The Balaban J connectivity index is 1.39. The van der Waals surface area contributed by atoms with Crippen molar-refractivity contribution in [2.75, 3.05) is 12.9 Å². The van der Waals surface area contributed by atoms with Crippen molar-refractivity contribution in [1.29, 1.82) is 0 Å². The number of benzene rings is 2. The number of hydrogen-bond donors (Lipinski definition) is 1. The van der Waals surface area contributed by atoms with Crippen LogP contribution < -0.4 is 4.74 Å². The third kappa shape index (κ3) is 3.98. The van der Waals surface area contributed by atoms with Gasteiger partial charge in [0.2, 0.25) is 0 Å². The van der Waals surface area contributed by atoms with Crippen LogP contribution in [0.4, 0.5) is 0 Å². The van der Waals surface area contributed by atoms with Gasteiger partial charge in [0.05, 0.1) is 29.5 Å². The molecule has 0 spiro atoms. The molecule has 1 atom stereocenters. The Bertz CT molecular complexity index is 1230. The van der Waals surface area contributed by atoms with Gasteiger partial charge in [0.1, 0.15) is 5.75 Å².